The Labute approximate surface area is 136 Å². The summed E-state index contributed by atoms with van der Waals surface area (Å²) in [6, 6.07) is 9.29. The van der Waals surface area contributed by atoms with Crippen molar-refractivity contribution in [3.63, 3.8) is 0 Å². The molecule has 0 fully saturated rings. The monoisotopic (exact) mass is 336 g/mol. The highest BCUT2D eigenvalue weighted by Crippen LogP contribution is 2.19. The molecular formula is C16H20N2O4S. The lowest BCUT2D eigenvalue weighted by atomic mass is 10.2. The second kappa shape index (κ2) is 7.41. The van der Waals surface area contributed by atoms with E-state index in [0.29, 0.717) is 18.0 Å². The van der Waals surface area contributed by atoms with Gasteiger partial charge in [0.25, 0.3) is 0 Å². The Kier molecular flexibility index (Phi) is 5.54. The van der Waals surface area contributed by atoms with Gasteiger partial charge in [-0.3, -0.25) is 4.79 Å². The largest absolute Gasteiger partial charge is 0.444 e. The minimum absolute atomic E-state index is 0.0416. The predicted molar refractivity (Wildman–Crippen MR) is 87.4 cm³/mol. The fourth-order valence-corrected chi connectivity index (χ4v) is 3.36. The number of hydrogen-bond donors (Lipinski definition) is 0. The molecule has 0 aliphatic heterocycles. The standard InChI is InChI=1S/C16H20N2O4S/c1-18(2)15(19)9-6-10-23(20,21)12-14-11-22-16(17-14)13-7-4-3-5-8-13/h3-5,7-8,11H,6,9-10,12H2,1-2H3. The predicted octanol–water partition coefficient (Wildman–Crippen LogP) is 2.12. The van der Waals surface area contributed by atoms with Gasteiger partial charge in [-0.1, -0.05) is 18.2 Å². The van der Waals surface area contributed by atoms with Gasteiger partial charge in [0.15, 0.2) is 9.84 Å². The Balaban J connectivity index is 1.93. The van der Waals surface area contributed by atoms with E-state index in [1.54, 1.807) is 14.1 Å². The molecule has 7 heteroatoms. The third kappa shape index (κ3) is 5.21. The van der Waals surface area contributed by atoms with Gasteiger partial charge in [-0.2, -0.15) is 0 Å². The van der Waals surface area contributed by atoms with Crippen LogP contribution in [0, 0.1) is 0 Å². The highest BCUT2D eigenvalue weighted by molar-refractivity contribution is 7.90. The number of nitrogens with zero attached hydrogens (tertiary/aromatic N) is 2. The summed E-state index contributed by atoms with van der Waals surface area (Å²) >= 11 is 0. The molecule has 1 amide bonds. The van der Waals surface area contributed by atoms with E-state index in [1.807, 2.05) is 30.3 Å². The zero-order valence-electron chi connectivity index (χ0n) is 13.2. The van der Waals surface area contributed by atoms with E-state index in [2.05, 4.69) is 4.98 Å². The van der Waals surface area contributed by atoms with Gasteiger partial charge in [-0.25, -0.2) is 13.4 Å². The second-order valence-corrected chi connectivity index (χ2v) is 7.68. The molecule has 0 unspecified atom stereocenters. The van der Waals surface area contributed by atoms with Crippen LogP contribution in [0.3, 0.4) is 0 Å². The van der Waals surface area contributed by atoms with Gasteiger partial charge in [-0.15, -0.1) is 0 Å². The molecule has 1 aromatic carbocycles. The first kappa shape index (κ1) is 17.2. The third-order valence-corrected chi connectivity index (χ3v) is 4.93. The molecule has 0 bridgehead atoms. The molecule has 1 heterocycles. The smallest absolute Gasteiger partial charge is 0.226 e. The van der Waals surface area contributed by atoms with E-state index in [0.717, 1.165) is 5.56 Å². The quantitative estimate of drug-likeness (QED) is 0.774. The van der Waals surface area contributed by atoms with Crippen molar-refractivity contribution in [3.05, 3.63) is 42.3 Å². The molecule has 0 aliphatic rings. The SMILES string of the molecule is CN(C)C(=O)CCCS(=O)(=O)Cc1coc(-c2ccccc2)n1. The summed E-state index contributed by atoms with van der Waals surface area (Å²) in [7, 11) is -0.0178. The van der Waals surface area contributed by atoms with Crippen molar-refractivity contribution in [2.45, 2.75) is 18.6 Å². The molecule has 1 aromatic heterocycles. The third-order valence-electron chi connectivity index (χ3n) is 3.29. The molecule has 0 atom stereocenters. The number of carbonyl (C=O) groups is 1. The number of amides is 1. The molecule has 0 saturated heterocycles. The van der Waals surface area contributed by atoms with Crippen molar-refractivity contribution in [2.75, 3.05) is 19.8 Å². The van der Waals surface area contributed by atoms with Gasteiger partial charge in [-0.05, 0) is 18.6 Å². The lowest BCUT2D eigenvalue weighted by Gasteiger charge is -2.09. The van der Waals surface area contributed by atoms with Crippen LogP contribution in [0.25, 0.3) is 11.5 Å². The molecule has 2 aromatic rings. The molecule has 0 aliphatic carbocycles. The average molecular weight is 336 g/mol. The summed E-state index contributed by atoms with van der Waals surface area (Å²) in [6.07, 6.45) is 1.90. The maximum absolute atomic E-state index is 12.1. The van der Waals surface area contributed by atoms with Gasteiger partial charge in [0.1, 0.15) is 6.26 Å². The molecule has 124 valence electrons. The van der Waals surface area contributed by atoms with E-state index in [-0.39, 0.29) is 23.8 Å². The van der Waals surface area contributed by atoms with Crippen molar-refractivity contribution in [1.29, 1.82) is 0 Å². The Bertz CT molecular complexity index is 751. The zero-order chi connectivity index (χ0) is 16.9. The number of carbonyl (C=O) groups excluding carboxylic acids is 1. The normalized spacial score (nSPS) is 11.4. The van der Waals surface area contributed by atoms with E-state index < -0.39 is 9.84 Å². The maximum Gasteiger partial charge on any atom is 0.226 e. The number of aromatic nitrogens is 1. The number of benzene rings is 1. The first-order chi connectivity index (χ1) is 10.9. The van der Waals surface area contributed by atoms with Crippen LogP contribution in [-0.2, 0) is 20.4 Å². The molecule has 0 saturated carbocycles. The molecule has 0 spiro atoms. The highest BCUT2D eigenvalue weighted by atomic mass is 32.2. The average Bonchev–Trinajstić information content (AvgIpc) is 2.95. The van der Waals surface area contributed by atoms with Crippen LogP contribution in [0.2, 0.25) is 0 Å². The van der Waals surface area contributed by atoms with Crippen LogP contribution < -0.4 is 0 Å². The molecule has 0 N–H and O–H groups in total. The fraction of sp³-hybridized carbons (Fsp3) is 0.375. The number of sulfone groups is 1. The van der Waals surface area contributed by atoms with Crippen molar-refractivity contribution in [3.8, 4) is 11.5 Å². The van der Waals surface area contributed by atoms with Gasteiger partial charge in [0.05, 0.1) is 17.2 Å². The second-order valence-electron chi connectivity index (χ2n) is 5.49. The van der Waals surface area contributed by atoms with Gasteiger partial charge < -0.3 is 9.32 Å². The van der Waals surface area contributed by atoms with E-state index in [1.165, 1.54) is 11.2 Å². The van der Waals surface area contributed by atoms with E-state index >= 15 is 0 Å². The lowest BCUT2D eigenvalue weighted by molar-refractivity contribution is -0.128. The lowest BCUT2D eigenvalue weighted by Crippen LogP contribution is -2.22. The van der Waals surface area contributed by atoms with Gasteiger partial charge in [0, 0.05) is 26.1 Å². The van der Waals surface area contributed by atoms with Crippen molar-refractivity contribution >= 4 is 15.7 Å². The summed E-state index contributed by atoms with van der Waals surface area (Å²) in [6.45, 7) is 0. The van der Waals surface area contributed by atoms with Crippen molar-refractivity contribution < 1.29 is 17.6 Å². The van der Waals surface area contributed by atoms with Crippen LogP contribution in [-0.4, -0.2) is 44.1 Å². The van der Waals surface area contributed by atoms with Crippen molar-refractivity contribution in [1.82, 2.24) is 9.88 Å². The van der Waals surface area contributed by atoms with Crippen LogP contribution in [0.5, 0.6) is 0 Å². The molecule has 2 rings (SSSR count). The Morgan fingerprint density at radius 1 is 1.22 bits per heavy atom. The fourth-order valence-electron chi connectivity index (χ4n) is 2.05. The van der Waals surface area contributed by atoms with E-state index in [9.17, 15) is 13.2 Å². The summed E-state index contributed by atoms with van der Waals surface area (Å²) in [4.78, 5) is 17.1. The first-order valence-corrected chi connectivity index (χ1v) is 9.10. The molecular weight excluding hydrogens is 316 g/mol. The maximum atomic E-state index is 12.1. The highest BCUT2D eigenvalue weighted by Gasteiger charge is 2.17. The van der Waals surface area contributed by atoms with Crippen molar-refractivity contribution in [2.24, 2.45) is 0 Å². The minimum Gasteiger partial charge on any atom is -0.444 e. The summed E-state index contributed by atoms with van der Waals surface area (Å²) in [5, 5.41) is 0. The Hall–Kier alpha value is -2.15. The number of rotatable bonds is 7. The molecule has 23 heavy (non-hydrogen) atoms. The zero-order valence-corrected chi connectivity index (χ0v) is 14.0. The van der Waals surface area contributed by atoms with Crippen LogP contribution >= 0.6 is 0 Å². The number of oxazole rings is 1. The van der Waals surface area contributed by atoms with Crippen LogP contribution in [0.1, 0.15) is 18.5 Å². The first-order valence-electron chi connectivity index (χ1n) is 7.28. The van der Waals surface area contributed by atoms with E-state index in [4.69, 9.17) is 4.42 Å². The summed E-state index contributed by atoms with van der Waals surface area (Å²) < 4.78 is 29.5. The number of hydrogen-bond acceptors (Lipinski definition) is 5. The Morgan fingerprint density at radius 2 is 1.91 bits per heavy atom. The van der Waals surface area contributed by atoms with Crippen LogP contribution in [0.4, 0.5) is 0 Å². The summed E-state index contributed by atoms with van der Waals surface area (Å²) in [5.41, 5.74) is 1.18. The summed E-state index contributed by atoms with van der Waals surface area (Å²) in [5.74, 6) is 0.103. The topological polar surface area (TPSA) is 80.5 Å². The Morgan fingerprint density at radius 3 is 2.57 bits per heavy atom. The van der Waals surface area contributed by atoms with Gasteiger partial charge >= 0.3 is 0 Å². The van der Waals surface area contributed by atoms with Crippen LogP contribution in [0.15, 0.2) is 41.0 Å². The molecule has 6 nitrogen and oxygen atoms in total. The molecule has 0 radical (unpaired) electrons. The van der Waals surface area contributed by atoms with Gasteiger partial charge in [0.2, 0.25) is 11.8 Å². The minimum atomic E-state index is -3.32.